The van der Waals surface area contributed by atoms with Crippen molar-refractivity contribution in [2.45, 2.75) is 6.42 Å². The van der Waals surface area contributed by atoms with Gasteiger partial charge in [0, 0.05) is 0 Å². The van der Waals surface area contributed by atoms with E-state index in [0.29, 0.717) is 6.61 Å². The van der Waals surface area contributed by atoms with E-state index in [4.69, 9.17) is 11.3 Å². The second-order valence-corrected chi connectivity index (χ2v) is 2.25. The molecule has 0 amide bonds. The summed E-state index contributed by atoms with van der Waals surface area (Å²) in [6.45, 7) is 5.85. The van der Waals surface area contributed by atoms with Crippen LogP contribution in [0.3, 0.4) is 0 Å². The van der Waals surface area contributed by atoms with Crippen molar-refractivity contribution in [3.63, 3.8) is 0 Å². The van der Waals surface area contributed by atoms with Gasteiger partial charge in [-0.2, -0.15) is 0 Å². The highest BCUT2D eigenvalue weighted by Crippen LogP contribution is 2.08. The van der Waals surface area contributed by atoms with Crippen LogP contribution in [0.1, 0.15) is 6.42 Å². The van der Waals surface area contributed by atoms with Crippen LogP contribution < -0.4 is 0 Å². The van der Waals surface area contributed by atoms with Crippen molar-refractivity contribution in [3.8, 4) is 0 Å². The van der Waals surface area contributed by atoms with E-state index >= 15 is 0 Å². The van der Waals surface area contributed by atoms with Gasteiger partial charge in [-0.15, -0.1) is 0 Å². The zero-order valence-electron chi connectivity index (χ0n) is 6.36. The van der Waals surface area contributed by atoms with E-state index in [0.717, 1.165) is 6.42 Å². The van der Waals surface area contributed by atoms with Gasteiger partial charge in [-0.05, 0) is 18.1 Å². The summed E-state index contributed by atoms with van der Waals surface area (Å²) in [5.41, 5.74) is 1.18. The Bertz CT molecular complexity index is 209. The Morgan fingerprint density at radius 1 is 1.64 bits per heavy atom. The molecule has 0 N–H and O–H groups in total. The van der Waals surface area contributed by atoms with Crippen molar-refractivity contribution in [2.24, 2.45) is 0 Å². The van der Waals surface area contributed by atoms with Gasteiger partial charge >= 0.3 is 0 Å². The van der Waals surface area contributed by atoms with E-state index in [9.17, 15) is 0 Å². The van der Waals surface area contributed by atoms with Gasteiger partial charge in [0.2, 0.25) is 0 Å². The Hall–Kier alpha value is -1.24. The highest BCUT2D eigenvalue weighted by molar-refractivity contribution is 5.22. The predicted octanol–water partition coefficient (Wildman–Crippen LogP) is 2.39. The molecule has 57 valence electrons. The number of hydrogen-bond acceptors (Lipinski definition) is 1. The molecule has 0 saturated heterocycles. The Morgan fingerprint density at radius 3 is 3.18 bits per heavy atom. The Morgan fingerprint density at radius 2 is 2.55 bits per heavy atom. The SMILES string of the molecule is [CH]=CC=CCC1=COCC=C1. The first kappa shape index (κ1) is 7.86. The molecule has 1 nitrogen and oxygen atoms in total. The summed E-state index contributed by atoms with van der Waals surface area (Å²) >= 11 is 0. The molecule has 1 heteroatoms. The summed E-state index contributed by atoms with van der Waals surface area (Å²) in [7, 11) is 0. The molecule has 0 aromatic rings. The Kier molecular flexibility index (Phi) is 3.26. The molecule has 0 unspecified atom stereocenters. The van der Waals surface area contributed by atoms with Crippen molar-refractivity contribution < 1.29 is 4.74 Å². The van der Waals surface area contributed by atoms with Gasteiger partial charge in [-0.3, -0.25) is 0 Å². The van der Waals surface area contributed by atoms with Gasteiger partial charge in [0.05, 0.1) is 6.26 Å². The lowest BCUT2D eigenvalue weighted by Crippen LogP contribution is -1.90. The topological polar surface area (TPSA) is 9.23 Å². The van der Waals surface area contributed by atoms with E-state index in [-0.39, 0.29) is 0 Å². The zero-order chi connectivity index (χ0) is 7.94. The molecule has 0 aromatic heterocycles. The van der Waals surface area contributed by atoms with Crippen LogP contribution in [0.25, 0.3) is 0 Å². The molecule has 0 spiro atoms. The highest BCUT2D eigenvalue weighted by Gasteiger charge is 1.93. The molecule has 0 aliphatic carbocycles. The molecule has 0 saturated carbocycles. The van der Waals surface area contributed by atoms with Gasteiger partial charge in [-0.25, -0.2) is 0 Å². The maximum Gasteiger partial charge on any atom is 0.106 e. The van der Waals surface area contributed by atoms with Crippen LogP contribution in [0.2, 0.25) is 0 Å². The van der Waals surface area contributed by atoms with Crippen LogP contribution in [0, 0.1) is 6.58 Å². The minimum absolute atomic E-state index is 0.691. The van der Waals surface area contributed by atoms with E-state index in [1.54, 1.807) is 6.26 Å². The van der Waals surface area contributed by atoms with Crippen molar-refractivity contribution in [1.29, 1.82) is 0 Å². The van der Waals surface area contributed by atoms with Crippen molar-refractivity contribution in [1.82, 2.24) is 0 Å². The quantitative estimate of drug-likeness (QED) is 0.557. The van der Waals surface area contributed by atoms with E-state index in [1.165, 1.54) is 11.6 Å². The second kappa shape index (κ2) is 4.56. The summed E-state index contributed by atoms with van der Waals surface area (Å²) in [6, 6.07) is 0. The van der Waals surface area contributed by atoms with Crippen molar-refractivity contribution in [3.05, 3.63) is 48.8 Å². The fourth-order valence-corrected chi connectivity index (χ4v) is 0.848. The van der Waals surface area contributed by atoms with Gasteiger partial charge in [0.15, 0.2) is 0 Å². The first-order valence-electron chi connectivity index (χ1n) is 3.61. The monoisotopic (exact) mass is 147 g/mol. The van der Waals surface area contributed by atoms with Crippen LogP contribution in [0.4, 0.5) is 0 Å². The molecule has 1 aliphatic heterocycles. The van der Waals surface area contributed by atoms with Gasteiger partial charge < -0.3 is 4.74 Å². The van der Waals surface area contributed by atoms with E-state index in [1.807, 2.05) is 18.2 Å². The van der Waals surface area contributed by atoms with Crippen LogP contribution in [-0.4, -0.2) is 6.61 Å². The zero-order valence-corrected chi connectivity index (χ0v) is 6.36. The predicted molar refractivity (Wildman–Crippen MR) is 45.8 cm³/mol. The Labute approximate surface area is 67.4 Å². The van der Waals surface area contributed by atoms with Crippen LogP contribution in [0.15, 0.2) is 42.2 Å². The maximum atomic E-state index is 5.16. The molecule has 1 rings (SSSR count). The molecule has 0 fully saturated rings. The molecular formula is C10H11O. The lowest BCUT2D eigenvalue weighted by atomic mass is 10.1. The van der Waals surface area contributed by atoms with Crippen LogP contribution in [0.5, 0.6) is 0 Å². The summed E-state index contributed by atoms with van der Waals surface area (Å²) in [5, 5.41) is 0. The van der Waals surface area contributed by atoms with Gasteiger partial charge in [-0.1, -0.05) is 30.9 Å². The summed E-state index contributed by atoms with van der Waals surface area (Å²) in [6.07, 6.45) is 12.0. The average molecular weight is 147 g/mol. The van der Waals surface area contributed by atoms with E-state index < -0.39 is 0 Å². The summed E-state index contributed by atoms with van der Waals surface area (Å²) in [5.74, 6) is 0. The highest BCUT2D eigenvalue weighted by atomic mass is 16.5. The second-order valence-electron chi connectivity index (χ2n) is 2.25. The summed E-state index contributed by atoms with van der Waals surface area (Å²) in [4.78, 5) is 0. The molecule has 1 heterocycles. The standard InChI is InChI=1S/C10H11O/c1-2-3-4-6-10-7-5-8-11-9-10/h1-5,7,9H,6,8H2. The molecule has 1 aliphatic rings. The Balaban J connectivity index is 2.36. The van der Waals surface area contributed by atoms with Crippen molar-refractivity contribution in [2.75, 3.05) is 6.61 Å². The van der Waals surface area contributed by atoms with Gasteiger partial charge in [0.1, 0.15) is 6.61 Å². The first-order chi connectivity index (χ1) is 5.43. The van der Waals surface area contributed by atoms with Crippen LogP contribution in [-0.2, 0) is 4.74 Å². The minimum atomic E-state index is 0.691. The molecule has 0 bridgehead atoms. The molecule has 1 radical (unpaired) electrons. The lowest BCUT2D eigenvalue weighted by molar-refractivity contribution is 0.282. The van der Waals surface area contributed by atoms with Crippen LogP contribution >= 0.6 is 0 Å². The molecular weight excluding hydrogens is 136 g/mol. The number of ether oxygens (including phenoxy) is 1. The lowest BCUT2D eigenvalue weighted by Gasteiger charge is -2.04. The third-order valence-electron chi connectivity index (χ3n) is 1.36. The first-order valence-corrected chi connectivity index (χ1v) is 3.61. The van der Waals surface area contributed by atoms with E-state index in [2.05, 4.69) is 6.08 Å². The minimum Gasteiger partial charge on any atom is -0.497 e. The third kappa shape index (κ3) is 2.89. The van der Waals surface area contributed by atoms with Crippen molar-refractivity contribution >= 4 is 0 Å². The molecule has 11 heavy (non-hydrogen) atoms. The number of allylic oxidation sites excluding steroid dienone is 5. The smallest absolute Gasteiger partial charge is 0.106 e. The average Bonchev–Trinajstić information content (AvgIpc) is 2.07. The van der Waals surface area contributed by atoms with Gasteiger partial charge in [0.25, 0.3) is 0 Å². The molecule has 0 aromatic carbocycles. The summed E-state index contributed by atoms with van der Waals surface area (Å²) < 4.78 is 5.09. The number of hydrogen-bond donors (Lipinski definition) is 0. The third-order valence-corrected chi connectivity index (χ3v) is 1.36. The largest absolute Gasteiger partial charge is 0.497 e. The fourth-order valence-electron chi connectivity index (χ4n) is 0.848. The maximum absolute atomic E-state index is 5.16. The number of rotatable bonds is 3. The molecule has 0 atom stereocenters. The normalized spacial score (nSPS) is 16.2. The fraction of sp³-hybridized carbons (Fsp3) is 0.200.